The van der Waals surface area contributed by atoms with Crippen molar-refractivity contribution in [2.75, 3.05) is 107 Å². The van der Waals surface area contributed by atoms with Crippen molar-refractivity contribution in [3.05, 3.63) is 240 Å². The van der Waals surface area contributed by atoms with Crippen molar-refractivity contribution >= 4 is 89.1 Å². The first kappa shape index (κ1) is 82.5. The largest absolute Gasteiger partial charge is 0.422 e. The normalized spacial score (nSPS) is 17.7. The van der Waals surface area contributed by atoms with Crippen LogP contribution >= 0.6 is 0 Å². The van der Waals surface area contributed by atoms with Crippen LogP contribution in [-0.2, 0) is 0 Å². The van der Waals surface area contributed by atoms with Crippen molar-refractivity contribution in [1.29, 1.82) is 0 Å². The Labute approximate surface area is 709 Å². The summed E-state index contributed by atoms with van der Waals surface area (Å²) in [6, 6.07) is 34.8. The number of nitrogens with zero attached hydrogens (tertiary/aromatic N) is 16. The van der Waals surface area contributed by atoms with E-state index in [9.17, 15) is 24.3 Å². The second-order valence-corrected chi connectivity index (χ2v) is 33.6. The number of aromatic nitrogens is 11. The van der Waals surface area contributed by atoms with Crippen molar-refractivity contribution in [2.45, 2.75) is 132 Å². The van der Waals surface area contributed by atoms with E-state index in [1.54, 1.807) is 0 Å². The fourth-order valence-electron chi connectivity index (χ4n) is 17.6. The highest BCUT2D eigenvalue weighted by molar-refractivity contribution is 5.88. The molecule has 20 rings (SSSR count). The predicted octanol–water partition coefficient (Wildman–Crippen LogP) is 13.1. The second kappa shape index (κ2) is 34.3. The van der Waals surface area contributed by atoms with Crippen molar-refractivity contribution < 1.29 is 27.9 Å². The number of rotatable bonds is 16. The van der Waals surface area contributed by atoms with Crippen LogP contribution in [0.5, 0.6) is 0 Å². The van der Waals surface area contributed by atoms with Crippen LogP contribution in [0.3, 0.4) is 0 Å². The van der Waals surface area contributed by atoms with Gasteiger partial charge in [-0.2, -0.15) is 0 Å². The molecule has 0 amide bonds. The number of likely N-dealkylation sites (tertiary alicyclic amines) is 3. The Morgan fingerprint density at radius 2 is 0.837 bits per heavy atom. The number of likely N-dealkylation sites (N-methyl/N-ethyl adjacent to an activating group) is 2. The molecule has 0 bridgehead atoms. The summed E-state index contributed by atoms with van der Waals surface area (Å²) in [4.78, 5) is 94.1. The van der Waals surface area contributed by atoms with Crippen LogP contribution in [0.4, 0.5) is 22.7 Å². The summed E-state index contributed by atoms with van der Waals surface area (Å²) in [5.41, 5.74) is 19.2. The number of hydrogen-bond donors (Lipinski definition) is 5. The molecule has 29 heteroatoms. The van der Waals surface area contributed by atoms with Crippen LogP contribution in [0.25, 0.3) is 111 Å². The third-order valence-electron chi connectivity index (χ3n) is 23.9. The molecular formula is C94H103N19O10. The number of fused-ring (bicyclic) bond motifs is 8. The lowest BCUT2D eigenvalue weighted by Crippen LogP contribution is -2.37. The van der Waals surface area contributed by atoms with Gasteiger partial charge in [-0.25, -0.2) is 34.1 Å². The molecule has 0 saturated carbocycles. The molecule has 5 N–H and O–H groups in total. The van der Waals surface area contributed by atoms with E-state index in [1.807, 2.05) is 245 Å². The minimum absolute atomic E-state index is 0.0793. The van der Waals surface area contributed by atoms with Crippen molar-refractivity contribution in [1.82, 2.24) is 72.1 Å². The van der Waals surface area contributed by atoms with Crippen LogP contribution in [0, 0.1) is 55.4 Å². The lowest BCUT2D eigenvalue weighted by molar-refractivity contribution is 0.114. The third kappa shape index (κ3) is 17.6. The van der Waals surface area contributed by atoms with E-state index >= 15 is 0 Å². The maximum atomic E-state index is 12.8. The molecule has 0 unspecified atom stereocenters. The molecule has 12 aromatic heterocycles. The summed E-state index contributed by atoms with van der Waals surface area (Å²) < 4.78 is 30.5. The van der Waals surface area contributed by atoms with E-state index in [2.05, 4.69) is 91.2 Å². The van der Waals surface area contributed by atoms with Crippen LogP contribution < -0.4 is 43.4 Å². The molecule has 4 aliphatic heterocycles. The number of imidazole rings is 3. The summed E-state index contributed by atoms with van der Waals surface area (Å²) in [6.45, 7) is 31.5. The van der Waals surface area contributed by atoms with Crippen molar-refractivity contribution in [3.8, 4) is 44.9 Å². The Balaban J connectivity index is 0.000000116. The zero-order chi connectivity index (χ0) is 85.9. The van der Waals surface area contributed by atoms with Gasteiger partial charge in [0, 0.05) is 207 Å². The minimum Gasteiger partial charge on any atom is -0.422 e. The first-order chi connectivity index (χ1) is 59.2. The van der Waals surface area contributed by atoms with Gasteiger partial charge in [0.2, 0.25) is 0 Å². The highest BCUT2D eigenvalue weighted by atomic mass is 16.4. The molecule has 0 radical (unpaired) electrons. The molecule has 16 aromatic rings. The summed E-state index contributed by atoms with van der Waals surface area (Å²) in [7, 11) is 3.95. The topological polar surface area (TPSA) is 321 Å². The van der Waals surface area contributed by atoms with E-state index in [-0.39, 0.29) is 29.5 Å². The van der Waals surface area contributed by atoms with Crippen LogP contribution in [0.2, 0.25) is 0 Å². The standard InChI is InChI=1S/C24H27N5O2.C24H26N4O3.C23H25N5O3.C23H25N5O2/c1-14(2)28-8-7-19(12-28)26-18-6-5-17-9-20(24(30)31-22(17)10-18)21-13-29-11-15(3)25-16(4)23(29)27-21;1-14-10-28-11-17(8-20(28)15(2)25-14)19-7-16-5-6-18(9-23(16)31-24(19)30)27-12-21(26(3)4)22(29)13-27;1-14-11-28-13-20(26-22(28)15(2)24-14)19-9-16-3-4-17(10-21(16)31-23(19)30)25-18-5-6-27(12-18)7-8-29;1-4-27-8-7-18(12-27)25-17-6-5-16-9-19(23(29)30-21(16)10-17)20-13-28-11-14(2)24-15(3)22(28)26-20/h5-6,9-11,13-14,19,26H,7-8,12H2,1-4H3;5-11,21-22,29H,12-13H2,1-4H3;3-4,9-11,13,18,25,29H,5-8,12H2,1-2H3;5-6,9-11,13,18,25H,4,7-8,12H2,1-3H3/t19-;21-,22-;2*18-/m1111/s1. The molecule has 4 aromatic carbocycles. The highest BCUT2D eigenvalue weighted by Crippen LogP contribution is 2.34. The van der Waals surface area contributed by atoms with Crippen molar-refractivity contribution in [2.24, 2.45) is 0 Å². The van der Waals surface area contributed by atoms with Gasteiger partial charge in [0.1, 0.15) is 22.3 Å². The van der Waals surface area contributed by atoms with Crippen LogP contribution in [-0.4, -0.2) is 205 Å². The highest BCUT2D eigenvalue weighted by Gasteiger charge is 2.34. The zero-order valence-electron chi connectivity index (χ0n) is 71.6. The number of aliphatic hydroxyl groups excluding tert-OH is 2. The molecule has 4 fully saturated rings. The van der Waals surface area contributed by atoms with Gasteiger partial charge in [0.25, 0.3) is 0 Å². The third-order valence-corrected chi connectivity index (χ3v) is 23.9. The molecular weight excluding hydrogens is 1560 g/mol. The fourth-order valence-corrected chi connectivity index (χ4v) is 17.6. The number of nitrogens with one attached hydrogen (secondary N) is 3. The Hall–Kier alpha value is -12.8. The van der Waals surface area contributed by atoms with Crippen LogP contribution in [0.15, 0.2) is 190 Å². The first-order valence-corrected chi connectivity index (χ1v) is 42.1. The quantitative estimate of drug-likeness (QED) is 0.0561. The van der Waals surface area contributed by atoms with Gasteiger partial charge in [0.15, 0.2) is 16.9 Å². The lowest BCUT2D eigenvalue weighted by atomic mass is 10.1. The molecule has 4 aliphatic rings. The lowest BCUT2D eigenvalue weighted by Gasteiger charge is -2.22. The SMILES string of the molecule is CCN1CC[C@@H](Nc2ccc3cc(-c4cn5cc(C)nc(C)c5n4)c(=O)oc3c2)C1.Cc1cn2cc(-c3cc4ccc(N5C[C@@H](O)[C@H](N(C)C)C5)cc4oc3=O)cc2c(C)n1.Cc1cn2cc(-c3cc4ccc(N[C@@H]5CCN(C(C)C)C5)cc4oc3=O)nc2c(C)n1.Cc1cn2cc(-c3cc4ccc(N[C@@H]5CCN(CCO)C5)cc4oc3=O)nc2c(C)n1. The minimum atomic E-state index is -0.412. The Morgan fingerprint density at radius 3 is 1.26 bits per heavy atom. The second-order valence-electron chi connectivity index (χ2n) is 33.6. The summed E-state index contributed by atoms with van der Waals surface area (Å²) in [5.74, 6) is 0. The number of benzene rings is 4. The maximum absolute atomic E-state index is 12.8. The number of hydrogen-bond acceptors (Lipinski definition) is 25. The summed E-state index contributed by atoms with van der Waals surface area (Å²) in [5, 5.41) is 33.6. The summed E-state index contributed by atoms with van der Waals surface area (Å²) >= 11 is 0. The Kier molecular flexibility index (Phi) is 23.0. The maximum Gasteiger partial charge on any atom is 0.345 e. The van der Waals surface area contributed by atoms with Gasteiger partial charge in [-0.05, 0) is 188 Å². The molecule has 16 heterocycles. The average Bonchev–Trinajstić information content (AvgIpc) is 1.68. The molecule has 634 valence electrons. The number of β-amino-alcohol motifs (C(OH)–C–C–N with tert-alkyl or cyclic N) is 2. The molecule has 0 aliphatic carbocycles. The Morgan fingerprint density at radius 1 is 0.439 bits per heavy atom. The smallest absolute Gasteiger partial charge is 0.345 e. The number of anilines is 4. The van der Waals surface area contributed by atoms with Crippen LogP contribution in [0.1, 0.15) is 85.6 Å². The van der Waals surface area contributed by atoms with Gasteiger partial charge in [-0.15, -0.1) is 0 Å². The van der Waals surface area contributed by atoms with E-state index < -0.39 is 11.7 Å². The Bertz CT molecular complexity index is 6970. The molecule has 0 spiro atoms. The monoisotopic (exact) mass is 1660 g/mol. The van der Waals surface area contributed by atoms with E-state index in [0.29, 0.717) is 98.9 Å². The van der Waals surface area contributed by atoms with E-state index in [0.717, 1.165) is 189 Å². The predicted molar refractivity (Wildman–Crippen MR) is 482 cm³/mol. The first-order valence-electron chi connectivity index (χ1n) is 42.1. The fraction of sp³-hybridized carbons (Fsp3) is 0.351. The number of aliphatic hydroxyl groups is 2. The van der Waals surface area contributed by atoms with E-state index in [1.165, 1.54) is 0 Å². The molecule has 4 saturated heterocycles. The van der Waals surface area contributed by atoms with Gasteiger partial charge < -0.3 is 76.1 Å². The van der Waals surface area contributed by atoms with E-state index in [4.69, 9.17) is 22.8 Å². The van der Waals surface area contributed by atoms with Gasteiger partial charge in [-0.1, -0.05) is 6.92 Å². The molecule has 29 nitrogen and oxygen atoms in total. The molecule has 123 heavy (non-hydrogen) atoms. The number of aryl methyl sites for hydroxylation is 8. The van der Waals surface area contributed by atoms with Crippen molar-refractivity contribution in [3.63, 3.8) is 0 Å². The van der Waals surface area contributed by atoms with Gasteiger partial charge >= 0.3 is 22.5 Å². The average molecular weight is 1660 g/mol. The molecule has 5 atom stereocenters. The summed E-state index contributed by atoms with van der Waals surface area (Å²) in [6.07, 6.45) is 18.0. The van der Waals surface area contributed by atoms with Gasteiger partial charge in [-0.3, -0.25) is 29.7 Å². The zero-order valence-corrected chi connectivity index (χ0v) is 71.6. The van der Waals surface area contributed by atoms with Gasteiger partial charge in [0.05, 0.1) is 109 Å².